The minimum Gasteiger partial charge on any atom is -0.466 e. The van der Waals surface area contributed by atoms with Crippen LogP contribution in [-0.2, 0) is 25.3 Å². The Balaban J connectivity index is 1.75. The molecule has 2 heterocycles. The van der Waals surface area contributed by atoms with E-state index in [0.717, 1.165) is 12.1 Å². The van der Waals surface area contributed by atoms with Gasteiger partial charge < -0.3 is 4.74 Å². The molecular weight excluding hydrogens is 377 g/mol. The Labute approximate surface area is 160 Å². The number of para-hydroxylation sites is 1. The van der Waals surface area contributed by atoms with Crippen molar-refractivity contribution in [2.24, 2.45) is 5.92 Å². The summed E-state index contributed by atoms with van der Waals surface area (Å²) < 4.78 is 44.9. The molecule has 1 atom stereocenters. The number of piperidine rings is 1. The lowest BCUT2D eigenvalue weighted by atomic mass is 9.95. The molecule has 2 amide bonds. The van der Waals surface area contributed by atoms with E-state index in [0.29, 0.717) is 37.4 Å². The van der Waals surface area contributed by atoms with Crippen LogP contribution in [0.5, 0.6) is 0 Å². The second kappa shape index (κ2) is 7.90. The van der Waals surface area contributed by atoms with Crippen molar-refractivity contribution >= 4 is 23.5 Å². The van der Waals surface area contributed by atoms with Crippen molar-refractivity contribution in [1.82, 2.24) is 4.90 Å². The summed E-state index contributed by atoms with van der Waals surface area (Å²) in [6.07, 6.45) is -3.88. The third-order valence-electron chi connectivity index (χ3n) is 5.16. The van der Waals surface area contributed by atoms with Crippen molar-refractivity contribution in [1.29, 1.82) is 0 Å². The van der Waals surface area contributed by atoms with E-state index >= 15 is 0 Å². The van der Waals surface area contributed by atoms with E-state index in [1.54, 1.807) is 11.8 Å². The maximum atomic E-state index is 13.3. The number of carbonyl (C=O) groups excluding carboxylic acids is 3. The van der Waals surface area contributed by atoms with Crippen molar-refractivity contribution < 1.29 is 32.3 Å². The molecule has 3 rings (SSSR count). The van der Waals surface area contributed by atoms with E-state index in [1.165, 1.54) is 12.1 Å². The SMILES string of the molecule is CCOC(=O)C1CCN([C@H]2CC(=O)N(c3ccccc3C(F)(F)F)C2=O)CC1. The van der Waals surface area contributed by atoms with Gasteiger partial charge in [-0.2, -0.15) is 13.2 Å². The van der Waals surface area contributed by atoms with Crippen LogP contribution in [0.3, 0.4) is 0 Å². The summed E-state index contributed by atoms with van der Waals surface area (Å²) in [5.41, 5.74) is -1.45. The highest BCUT2D eigenvalue weighted by atomic mass is 19.4. The number of imide groups is 1. The lowest BCUT2D eigenvalue weighted by Crippen LogP contribution is -2.47. The number of esters is 1. The highest BCUT2D eigenvalue weighted by Gasteiger charge is 2.46. The van der Waals surface area contributed by atoms with Gasteiger partial charge in [-0.05, 0) is 45.0 Å². The topological polar surface area (TPSA) is 66.9 Å². The first-order valence-electron chi connectivity index (χ1n) is 9.17. The second-order valence-electron chi connectivity index (χ2n) is 6.86. The standard InChI is InChI=1S/C19H21F3N2O4/c1-2-28-18(27)12-7-9-23(10-8-12)15-11-16(25)24(17(15)26)14-6-4-3-5-13(14)19(20,21)22/h3-6,12,15H,2,7-11H2,1H3/t15-/m0/s1. The van der Waals surface area contributed by atoms with Gasteiger partial charge in [-0.3, -0.25) is 19.3 Å². The zero-order valence-electron chi connectivity index (χ0n) is 15.4. The molecule has 0 spiro atoms. The third-order valence-corrected chi connectivity index (χ3v) is 5.16. The minimum absolute atomic E-state index is 0.172. The number of likely N-dealkylation sites (tertiary alicyclic amines) is 1. The largest absolute Gasteiger partial charge is 0.466 e. The number of benzene rings is 1. The zero-order valence-corrected chi connectivity index (χ0v) is 15.4. The molecule has 0 bridgehead atoms. The van der Waals surface area contributed by atoms with Crippen molar-refractivity contribution in [2.45, 2.75) is 38.4 Å². The molecule has 2 saturated heterocycles. The first kappa shape index (κ1) is 20.3. The molecule has 2 aliphatic heterocycles. The molecule has 2 aliphatic rings. The molecule has 28 heavy (non-hydrogen) atoms. The summed E-state index contributed by atoms with van der Waals surface area (Å²) in [7, 11) is 0. The maximum Gasteiger partial charge on any atom is 0.418 e. The molecule has 2 fully saturated rings. The van der Waals surface area contributed by atoms with E-state index in [9.17, 15) is 27.6 Å². The number of anilines is 1. The molecule has 6 nitrogen and oxygen atoms in total. The maximum absolute atomic E-state index is 13.3. The zero-order chi connectivity index (χ0) is 20.5. The number of amides is 2. The van der Waals surface area contributed by atoms with Crippen molar-refractivity contribution in [2.75, 3.05) is 24.6 Å². The van der Waals surface area contributed by atoms with Crippen LogP contribution < -0.4 is 4.90 Å². The quantitative estimate of drug-likeness (QED) is 0.576. The average Bonchev–Trinajstić information content (AvgIpc) is 2.95. The fourth-order valence-electron chi connectivity index (χ4n) is 3.77. The third kappa shape index (κ3) is 3.89. The Bertz CT molecular complexity index is 773. The molecule has 0 unspecified atom stereocenters. The summed E-state index contributed by atoms with van der Waals surface area (Å²) in [6.45, 7) is 2.83. The summed E-state index contributed by atoms with van der Waals surface area (Å²) >= 11 is 0. The van der Waals surface area contributed by atoms with Crippen LogP contribution in [0, 0.1) is 5.92 Å². The Morgan fingerprint density at radius 3 is 2.43 bits per heavy atom. The summed E-state index contributed by atoms with van der Waals surface area (Å²) in [6, 6.07) is 3.76. The normalized spacial score (nSPS) is 22.0. The molecule has 1 aromatic rings. The first-order valence-corrected chi connectivity index (χ1v) is 9.17. The fraction of sp³-hybridized carbons (Fsp3) is 0.526. The summed E-state index contributed by atoms with van der Waals surface area (Å²) in [5, 5.41) is 0. The molecule has 152 valence electrons. The lowest BCUT2D eigenvalue weighted by Gasteiger charge is -2.33. The van der Waals surface area contributed by atoms with Gasteiger partial charge in [0.2, 0.25) is 5.91 Å². The molecule has 0 radical (unpaired) electrons. The monoisotopic (exact) mass is 398 g/mol. The summed E-state index contributed by atoms with van der Waals surface area (Å²) in [4.78, 5) is 39.5. The van der Waals surface area contributed by atoms with Gasteiger partial charge in [0, 0.05) is 0 Å². The number of rotatable bonds is 4. The van der Waals surface area contributed by atoms with Crippen molar-refractivity contribution in [3.8, 4) is 0 Å². The molecule has 0 N–H and O–H groups in total. The molecule has 0 aliphatic carbocycles. The smallest absolute Gasteiger partial charge is 0.418 e. The molecule has 0 saturated carbocycles. The van der Waals surface area contributed by atoms with Gasteiger partial charge >= 0.3 is 12.1 Å². The number of alkyl halides is 3. The van der Waals surface area contributed by atoms with Gasteiger partial charge in [-0.15, -0.1) is 0 Å². The van der Waals surface area contributed by atoms with Crippen LogP contribution in [-0.4, -0.2) is 48.4 Å². The number of hydrogen-bond donors (Lipinski definition) is 0. The van der Waals surface area contributed by atoms with Gasteiger partial charge in [0.25, 0.3) is 5.91 Å². The van der Waals surface area contributed by atoms with E-state index in [1.807, 2.05) is 0 Å². The molecule has 0 aromatic heterocycles. The van der Waals surface area contributed by atoms with E-state index in [4.69, 9.17) is 4.74 Å². The van der Waals surface area contributed by atoms with Gasteiger partial charge in [0.15, 0.2) is 0 Å². The number of nitrogens with zero attached hydrogens (tertiary/aromatic N) is 2. The van der Waals surface area contributed by atoms with Gasteiger partial charge in [0.1, 0.15) is 0 Å². The average molecular weight is 398 g/mol. The summed E-state index contributed by atoms with van der Waals surface area (Å²) in [5.74, 6) is -1.85. The Hall–Kier alpha value is -2.42. The Kier molecular flexibility index (Phi) is 5.74. The number of halogens is 3. The van der Waals surface area contributed by atoms with Crippen LogP contribution >= 0.6 is 0 Å². The van der Waals surface area contributed by atoms with Gasteiger partial charge in [0.05, 0.1) is 36.2 Å². The van der Waals surface area contributed by atoms with Crippen LogP contribution in [0.25, 0.3) is 0 Å². The Morgan fingerprint density at radius 1 is 1.18 bits per heavy atom. The van der Waals surface area contributed by atoms with Crippen LogP contribution in [0.15, 0.2) is 24.3 Å². The van der Waals surface area contributed by atoms with Crippen LogP contribution in [0.1, 0.15) is 31.7 Å². The first-order chi connectivity index (χ1) is 13.2. The Morgan fingerprint density at radius 2 is 1.82 bits per heavy atom. The van der Waals surface area contributed by atoms with Gasteiger partial charge in [-0.25, -0.2) is 4.90 Å². The van der Waals surface area contributed by atoms with Crippen LogP contribution in [0.2, 0.25) is 0 Å². The molecular formula is C19H21F3N2O4. The van der Waals surface area contributed by atoms with E-state index < -0.39 is 35.3 Å². The van der Waals surface area contributed by atoms with Gasteiger partial charge in [-0.1, -0.05) is 12.1 Å². The predicted molar refractivity (Wildman–Crippen MR) is 93.3 cm³/mol. The molecule has 1 aromatic carbocycles. The van der Waals surface area contributed by atoms with E-state index in [-0.39, 0.29) is 18.3 Å². The highest BCUT2D eigenvalue weighted by Crippen LogP contribution is 2.39. The van der Waals surface area contributed by atoms with E-state index in [2.05, 4.69) is 0 Å². The fourth-order valence-corrected chi connectivity index (χ4v) is 3.77. The number of carbonyl (C=O) groups is 3. The number of ether oxygens (including phenoxy) is 1. The second-order valence-corrected chi connectivity index (χ2v) is 6.86. The minimum atomic E-state index is -4.67. The molecule has 9 heteroatoms. The highest BCUT2D eigenvalue weighted by molar-refractivity contribution is 6.22. The predicted octanol–water partition coefficient (Wildman–Crippen LogP) is 2.61. The van der Waals surface area contributed by atoms with Crippen LogP contribution in [0.4, 0.5) is 18.9 Å². The van der Waals surface area contributed by atoms with Crippen molar-refractivity contribution in [3.05, 3.63) is 29.8 Å². The van der Waals surface area contributed by atoms with Crippen molar-refractivity contribution in [3.63, 3.8) is 0 Å². The number of hydrogen-bond acceptors (Lipinski definition) is 5. The lowest BCUT2D eigenvalue weighted by molar-refractivity contribution is -0.150.